The van der Waals surface area contributed by atoms with Crippen LogP contribution < -0.4 is 5.32 Å². The van der Waals surface area contributed by atoms with Gasteiger partial charge in [-0.1, -0.05) is 0 Å². The van der Waals surface area contributed by atoms with Crippen LogP contribution in [0.5, 0.6) is 0 Å². The van der Waals surface area contributed by atoms with Gasteiger partial charge in [0.05, 0.1) is 12.7 Å². The SMILES string of the molecule is CC(C)OCCN1C(=O)C(C)(C)NC(=O)C1C. The Morgan fingerprint density at radius 3 is 2.53 bits per heavy atom. The van der Waals surface area contributed by atoms with Gasteiger partial charge in [-0.25, -0.2) is 0 Å². The summed E-state index contributed by atoms with van der Waals surface area (Å²) in [4.78, 5) is 25.4. The predicted molar refractivity (Wildman–Crippen MR) is 64.5 cm³/mol. The minimum Gasteiger partial charge on any atom is -0.377 e. The fourth-order valence-electron chi connectivity index (χ4n) is 1.82. The predicted octanol–water partition coefficient (Wildman–Crippen LogP) is 0.537. The van der Waals surface area contributed by atoms with Crippen molar-refractivity contribution in [1.82, 2.24) is 10.2 Å². The minimum atomic E-state index is -0.818. The number of piperazine rings is 1. The van der Waals surface area contributed by atoms with Gasteiger partial charge < -0.3 is 15.0 Å². The number of hydrogen-bond donors (Lipinski definition) is 1. The molecular weight excluding hydrogens is 220 g/mol. The van der Waals surface area contributed by atoms with Crippen LogP contribution in [0.2, 0.25) is 0 Å². The Morgan fingerprint density at radius 1 is 1.41 bits per heavy atom. The van der Waals surface area contributed by atoms with Crippen LogP contribution in [0.4, 0.5) is 0 Å². The Balaban J connectivity index is 2.66. The summed E-state index contributed by atoms with van der Waals surface area (Å²) in [5, 5.41) is 2.71. The van der Waals surface area contributed by atoms with Crippen LogP contribution in [-0.4, -0.2) is 47.6 Å². The van der Waals surface area contributed by atoms with E-state index < -0.39 is 11.6 Å². The molecule has 1 saturated heterocycles. The summed E-state index contributed by atoms with van der Waals surface area (Å²) >= 11 is 0. The van der Waals surface area contributed by atoms with E-state index in [1.54, 1.807) is 25.7 Å². The largest absolute Gasteiger partial charge is 0.377 e. The summed E-state index contributed by atoms with van der Waals surface area (Å²) < 4.78 is 5.42. The highest BCUT2D eigenvalue weighted by atomic mass is 16.5. The first-order valence-electron chi connectivity index (χ1n) is 6.00. The molecular formula is C12H22N2O3. The highest BCUT2D eigenvalue weighted by Gasteiger charge is 2.42. The van der Waals surface area contributed by atoms with Gasteiger partial charge >= 0.3 is 0 Å². The molecule has 17 heavy (non-hydrogen) atoms. The van der Waals surface area contributed by atoms with Crippen molar-refractivity contribution in [2.45, 2.75) is 52.3 Å². The maximum absolute atomic E-state index is 12.1. The number of carbonyl (C=O) groups is 2. The average Bonchev–Trinajstić information content (AvgIpc) is 2.19. The molecule has 0 radical (unpaired) electrons. The third kappa shape index (κ3) is 3.19. The van der Waals surface area contributed by atoms with E-state index in [1.807, 2.05) is 13.8 Å². The second kappa shape index (κ2) is 5.04. The lowest BCUT2D eigenvalue weighted by Crippen LogP contribution is -2.67. The van der Waals surface area contributed by atoms with E-state index in [1.165, 1.54) is 0 Å². The van der Waals surface area contributed by atoms with Gasteiger partial charge in [0, 0.05) is 6.54 Å². The van der Waals surface area contributed by atoms with Gasteiger partial charge in [-0.05, 0) is 34.6 Å². The molecule has 1 fully saturated rings. The first kappa shape index (κ1) is 14.0. The van der Waals surface area contributed by atoms with E-state index in [-0.39, 0.29) is 17.9 Å². The lowest BCUT2D eigenvalue weighted by Gasteiger charge is -2.41. The molecule has 1 aliphatic heterocycles. The zero-order valence-corrected chi connectivity index (χ0v) is 11.2. The van der Waals surface area contributed by atoms with Crippen LogP contribution in [0.1, 0.15) is 34.6 Å². The van der Waals surface area contributed by atoms with Crippen molar-refractivity contribution in [3.8, 4) is 0 Å². The lowest BCUT2D eigenvalue weighted by atomic mass is 9.97. The fourth-order valence-corrected chi connectivity index (χ4v) is 1.82. The number of nitrogens with one attached hydrogen (secondary N) is 1. The number of nitrogens with zero attached hydrogens (tertiary/aromatic N) is 1. The van der Waals surface area contributed by atoms with E-state index in [4.69, 9.17) is 4.74 Å². The topological polar surface area (TPSA) is 58.6 Å². The molecule has 0 saturated carbocycles. The summed E-state index contributed by atoms with van der Waals surface area (Å²) in [6, 6.07) is -0.425. The van der Waals surface area contributed by atoms with Gasteiger partial charge in [0.2, 0.25) is 11.8 Å². The van der Waals surface area contributed by atoms with Crippen molar-refractivity contribution < 1.29 is 14.3 Å². The van der Waals surface area contributed by atoms with Crippen LogP contribution in [-0.2, 0) is 14.3 Å². The molecule has 1 rings (SSSR count). The Hall–Kier alpha value is -1.10. The molecule has 0 aromatic carbocycles. The second-order valence-corrected chi connectivity index (χ2v) is 5.21. The van der Waals surface area contributed by atoms with E-state index in [0.717, 1.165) is 0 Å². The molecule has 2 amide bonds. The highest BCUT2D eigenvalue weighted by molar-refractivity contribution is 5.99. The van der Waals surface area contributed by atoms with E-state index in [9.17, 15) is 9.59 Å². The Labute approximate surface area is 102 Å². The van der Waals surface area contributed by atoms with Crippen molar-refractivity contribution in [2.24, 2.45) is 0 Å². The molecule has 0 aromatic heterocycles. The molecule has 0 aromatic rings. The number of carbonyl (C=O) groups excluding carboxylic acids is 2. The maximum Gasteiger partial charge on any atom is 0.248 e. The molecule has 1 aliphatic rings. The lowest BCUT2D eigenvalue weighted by molar-refractivity contribution is -0.153. The quantitative estimate of drug-likeness (QED) is 0.782. The summed E-state index contributed by atoms with van der Waals surface area (Å²) in [5.41, 5.74) is -0.818. The van der Waals surface area contributed by atoms with Crippen LogP contribution in [0.25, 0.3) is 0 Å². The van der Waals surface area contributed by atoms with Gasteiger partial charge in [0.25, 0.3) is 0 Å². The van der Waals surface area contributed by atoms with Gasteiger partial charge in [-0.3, -0.25) is 9.59 Å². The van der Waals surface area contributed by atoms with Crippen molar-refractivity contribution in [1.29, 1.82) is 0 Å². The number of rotatable bonds is 4. The first-order chi connectivity index (χ1) is 7.75. The van der Waals surface area contributed by atoms with Crippen molar-refractivity contribution >= 4 is 11.8 Å². The van der Waals surface area contributed by atoms with E-state index in [2.05, 4.69) is 5.32 Å². The zero-order valence-electron chi connectivity index (χ0n) is 11.2. The molecule has 1 N–H and O–H groups in total. The van der Waals surface area contributed by atoms with Crippen LogP contribution >= 0.6 is 0 Å². The van der Waals surface area contributed by atoms with Crippen LogP contribution in [0.3, 0.4) is 0 Å². The molecule has 0 aliphatic carbocycles. The van der Waals surface area contributed by atoms with E-state index >= 15 is 0 Å². The minimum absolute atomic E-state index is 0.0584. The smallest absolute Gasteiger partial charge is 0.248 e. The summed E-state index contributed by atoms with van der Waals surface area (Å²) in [7, 11) is 0. The van der Waals surface area contributed by atoms with Gasteiger partial charge in [-0.2, -0.15) is 0 Å². The molecule has 5 nitrogen and oxygen atoms in total. The third-order valence-corrected chi connectivity index (χ3v) is 2.86. The first-order valence-corrected chi connectivity index (χ1v) is 6.00. The van der Waals surface area contributed by atoms with Gasteiger partial charge in [0.15, 0.2) is 0 Å². The second-order valence-electron chi connectivity index (χ2n) is 5.21. The summed E-state index contributed by atoms with van der Waals surface area (Å²) in [6.07, 6.45) is 0.132. The monoisotopic (exact) mass is 242 g/mol. The third-order valence-electron chi connectivity index (χ3n) is 2.86. The van der Waals surface area contributed by atoms with Crippen LogP contribution in [0.15, 0.2) is 0 Å². The molecule has 0 spiro atoms. The Bertz CT molecular complexity index is 313. The highest BCUT2D eigenvalue weighted by Crippen LogP contribution is 2.17. The normalized spacial score (nSPS) is 24.1. The zero-order chi connectivity index (χ0) is 13.2. The van der Waals surface area contributed by atoms with Gasteiger partial charge in [0.1, 0.15) is 11.6 Å². The molecule has 98 valence electrons. The number of hydrogen-bond acceptors (Lipinski definition) is 3. The van der Waals surface area contributed by atoms with Crippen LogP contribution in [0, 0.1) is 0 Å². The summed E-state index contributed by atoms with van der Waals surface area (Å²) in [5.74, 6) is -0.170. The van der Waals surface area contributed by atoms with Crippen molar-refractivity contribution in [2.75, 3.05) is 13.2 Å². The number of ether oxygens (including phenoxy) is 1. The van der Waals surface area contributed by atoms with Crippen molar-refractivity contribution in [3.05, 3.63) is 0 Å². The number of amides is 2. The molecule has 1 atom stereocenters. The van der Waals surface area contributed by atoms with E-state index in [0.29, 0.717) is 13.2 Å². The molecule has 1 heterocycles. The molecule has 1 unspecified atom stereocenters. The Morgan fingerprint density at radius 2 is 2.00 bits per heavy atom. The molecule has 5 heteroatoms. The maximum atomic E-state index is 12.1. The van der Waals surface area contributed by atoms with Gasteiger partial charge in [-0.15, -0.1) is 0 Å². The summed E-state index contributed by atoms with van der Waals surface area (Å²) in [6.45, 7) is 9.96. The standard InChI is InChI=1S/C12H22N2O3/c1-8(2)17-7-6-14-9(3)10(15)13-12(4,5)11(14)16/h8-9H,6-7H2,1-5H3,(H,13,15). The fraction of sp³-hybridized carbons (Fsp3) is 0.833. The Kier molecular flexibility index (Phi) is 4.14. The van der Waals surface area contributed by atoms with Crippen molar-refractivity contribution in [3.63, 3.8) is 0 Å². The average molecular weight is 242 g/mol. The molecule has 0 bridgehead atoms.